The first-order valence-corrected chi connectivity index (χ1v) is 13.8. The number of benzene rings is 2. The van der Waals surface area contributed by atoms with Crippen LogP contribution in [0.2, 0.25) is 0 Å². The summed E-state index contributed by atoms with van der Waals surface area (Å²) < 4.78 is 6.81. The van der Waals surface area contributed by atoms with Crippen molar-refractivity contribution in [2.75, 3.05) is 31.1 Å². The molecule has 1 fully saturated rings. The maximum absolute atomic E-state index is 11.6. The quantitative estimate of drug-likeness (QED) is 0.208. The molecule has 9 nitrogen and oxygen atoms in total. The summed E-state index contributed by atoms with van der Waals surface area (Å²) in [6, 6.07) is 14.7. The summed E-state index contributed by atoms with van der Waals surface area (Å²) in [6.45, 7) is 13.9. The van der Waals surface area contributed by atoms with Crippen LogP contribution in [0.3, 0.4) is 0 Å². The van der Waals surface area contributed by atoms with Crippen LogP contribution in [-0.2, 0) is 22.5 Å². The van der Waals surface area contributed by atoms with Crippen LogP contribution < -0.4 is 4.90 Å². The lowest BCUT2D eigenvalue weighted by atomic mass is 9.98. The number of aromatic nitrogens is 4. The third kappa shape index (κ3) is 7.23. The fourth-order valence-corrected chi connectivity index (χ4v) is 5.33. The second kappa shape index (κ2) is 13.4. The van der Waals surface area contributed by atoms with Gasteiger partial charge < -0.3 is 14.7 Å². The fourth-order valence-electron chi connectivity index (χ4n) is 5.33. The number of phenolic OH excluding ortho intramolecular Hbond substituents is 1. The number of ether oxygens (including phenoxy) is 1. The smallest absolute Gasteiger partial charge is 0.305 e. The summed E-state index contributed by atoms with van der Waals surface area (Å²) in [5.74, 6) is 0.787. The van der Waals surface area contributed by atoms with Gasteiger partial charge in [-0.05, 0) is 73.7 Å². The van der Waals surface area contributed by atoms with Gasteiger partial charge in [-0.3, -0.25) is 9.69 Å². The van der Waals surface area contributed by atoms with Gasteiger partial charge in [0.05, 0.1) is 6.61 Å². The predicted octanol–water partition coefficient (Wildman–Crippen LogP) is 4.45. The number of piperazine rings is 1. The van der Waals surface area contributed by atoms with Gasteiger partial charge in [0, 0.05) is 62.0 Å². The minimum absolute atomic E-state index is 0.173. The van der Waals surface area contributed by atoms with Crippen LogP contribution in [0, 0.1) is 0 Å². The minimum Gasteiger partial charge on any atom is -0.508 e. The number of unbranched alkanes of at least 4 members (excludes halogenated alkanes) is 1. The number of tetrazole rings is 1. The molecule has 0 saturated carbocycles. The Bertz CT molecular complexity index is 1260. The molecular weight excluding hydrogens is 492 g/mol. The van der Waals surface area contributed by atoms with E-state index in [9.17, 15) is 9.90 Å². The molecule has 208 valence electrons. The van der Waals surface area contributed by atoms with Crippen molar-refractivity contribution in [1.29, 1.82) is 0 Å². The summed E-state index contributed by atoms with van der Waals surface area (Å²) >= 11 is 0. The molecule has 0 spiro atoms. The highest BCUT2D eigenvalue weighted by Crippen LogP contribution is 2.31. The van der Waals surface area contributed by atoms with Gasteiger partial charge >= 0.3 is 5.97 Å². The Morgan fingerprint density at radius 3 is 2.77 bits per heavy atom. The molecule has 39 heavy (non-hydrogen) atoms. The predicted molar refractivity (Wildman–Crippen MR) is 153 cm³/mol. The van der Waals surface area contributed by atoms with Crippen molar-refractivity contribution in [1.82, 2.24) is 25.1 Å². The van der Waals surface area contributed by atoms with Gasteiger partial charge in [-0.15, -0.1) is 11.7 Å². The van der Waals surface area contributed by atoms with Crippen LogP contribution in [0.15, 0.2) is 55.1 Å². The van der Waals surface area contributed by atoms with Crippen molar-refractivity contribution >= 4 is 11.7 Å². The number of carbonyl (C=O) groups excluding carboxylic acids is 1. The Hall–Kier alpha value is -3.72. The zero-order valence-electron chi connectivity index (χ0n) is 23.3. The Morgan fingerprint density at radius 1 is 1.15 bits per heavy atom. The van der Waals surface area contributed by atoms with Gasteiger partial charge in [-0.2, -0.15) is 0 Å². The molecule has 2 atom stereocenters. The molecule has 0 bridgehead atoms. The Morgan fingerprint density at radius 2 is 1.97 bits per heavy atom. The average Bonchev–Trinajstić information content (AvgIpc) is 3.37. The molecule has 1 N–H and O–H groups in total. The maximum Gasteiger partial charge on any atom is 0.305 e. The molecule has 1 aliphatic heterocycles. The Kier molecular flexibility index (Phi) is 9.70. The molecule has 2 heterocycles. The number of phenols is 1. The van der Waals surface area contributed by atoms with Crippen molar-refractivity contribution in [3.05, 3.63) is 66.2 Å². The Balaban J connectivity index is 1.50. The average molecular weight is 533 g/mol. The summed E-state index contributed by atoms with van der Waals surface area (Å²) in [5.41, 5.74) is 4.09. The zero-order chi connectivity index (χ0) is 27.8. The molecule has 0 unspecified atom stereocenters. The van der Waals surface area contributed by atoms with Gasteiger partial charge in [-0.1, -0.05) is 30.3 Å². The van der Waals surface area contributed by atoms with E-state index < -0.39 is 0 Å². The molecule has 1 saturated heterocycles. The van der Waals surface area contributed by atoms with E-state index in [0.717, 1.165) is 48.4 Å². The van der Waals surface area contributed by atoms with E-state index in [-0.39, 0.29) is 11.7 Å². The third-order valence-corrected chi connectivity index (χ3v) is 7.26. The van der Waals surface area contributed by atoms with Crippen molar-refractivity contribution in [2.24, 2.45) is 0 Å². The number of aryl methyl sites for hydroxylation is 1. The lowest BCUT2D eigenvalue weighted by Gasteiger charge is -2.45. The molecule has 1 aliphatic rings. The van der Waals surface area contributed by atoms with Gasteiger partial charge in [-0.25, -0.2) is 4.68 Å². The number of rotatable bonds is 12. The van der Waals surface area contributed by atoms with Gasteiger partial charge in [0.1, 0.15) is 5.75 Å². The minimum atomic E-state index is -0.173. The topological polar surface area (TPSA) is 96.6 Å². The van der Waals surface area contributed by atoms with Crippen molar-refractivity contribution in [3.63, 3.8) is 0 Å². The summed E-state index contributed by atoms with van der Waals surface area (Å²) in [6.07, 6.45) is 4.47. The summed E-state index contributed by atoms with van der Waals surface area (Å²) in [5, 5.41) is 23.1. The van der Waals surface area contributed by atoms with Gasteiger partial charge in [0.25, 0.3) is 0 Å². The summed E-state index contributed by atoms with van der Waals surface area (Å²) in [7, 11) is 0. The van der Waals surface area contributed by atoms with Crippen LogP contribution in [0.25, 0.3) is 11.4 Å². The highest BCUT2D eigenvalue weighted by molar-refractivity contribution is 5.69. The highest BCUT2D eigenvalue weighted by Gasteiger charge is 2.29. The largest absolute Gasteiger partial charge is 0.508 e. The molecule has 0 aliphatic carbocycles. The van der Waals surface area contributed by atoms with E-state index in [4.69, 9.17) is 4.74 Å². The number of hydrogen-bond donors (Lipinski definition) is 1. The standard InChI is InChI=1S/C30H40N6O3/c1-5-14-34-20-23(4)35(21-22(34)3)26-17-24(18-27(37)19-26)16-25-11-7-8-12-28(25)30-31-32-33-36(30)15-10-9-13-29(38)39-6-2/h5,7-8,11-12,17-19,22-23,37H,1,6,9-10,13-16,20-21H2,2-4H3/t22-,23+/m1/s1. The molecule has 0 amide bonds. The number of carbonyl (C=O) groups is 1. The van der Waals surface area contributed by atoms with Crippen molar-refractivity contribution in [3.8, 4) is 17.1 Å². The maximum atomic E-state index is 11.6. The third-order valence-electron chi connectivity index (χ3n) is 7.26. The van der Waals surface area contributed by atoms with E-state index in [0.29, 0.717) is 50.3 Å². The van der Waals surface area contributed by atoms with Crippen LogP contribution in [-0.4, -0.2) is 74.5 Å². The second-order valence-electron chi connectivity index (χ2n) is 10.3. The van der Waals surface area contributed by atoms with Gasteiger partial charge in [0.2, 0.25) is 0 Å². The van der Waals surface area contributed by atoms with Gasteiger partial charge in [0.15, 0.2) is 5.82 Å². The lowest BCUT2D eigenvalue weighted by Crippen LogP contribution is -2.56. The van der Waals surface area contributed by atoms with Crippen LogP contribution in [0.1, 0.15) is 51.2 Å². The van der Waals surface area contributed by atoms with Crippen molar-refractivity contribution < 1.29 is 14.6 Å². The first-order chi connectivity index (χ1) is 18.9. The van der Waals surface area contributed by atoms with E-state index in [2.05, 4.69) is 57.9 Å². The van der Waals surface area contributed by atoms with Crippen LogP contribution in [0.5, 0.6) is 5.75 Å². The molecule has 9 heteroatoms. The first-order valence-electron chi connectivity index (χ1n) is 13.8. The summed E-state index contributed by atoms with van der Waals surface area (Å²) in [4.78, 5) is 16.5. The molecule has 1 aromatic heterocycles. The normalized spacial score (nSPS) is 17.8. The number of nitrogens with zero attached hydrogens (tertiary/aromatic N) is 6. The lowest BCUT2D eigenvalue weighted by molar-refractivity contribution is -0.143. The van der Waals surface area contributed by atoms with Crippen molar-refractivity contribution in [2.45, 2.75) is 65.1 Å². The molecule has 3 aromatic rings. The number of esters is 1. The number of hydrogen-bond acceptors (Lipinski definition) is 8. The van der Waals surface area contributed by atoms with E-state index >= 15 is 0 Å². The van der Waals surface area contributed by atoms with E-state index in [1.807, 2.05) is 43.3 Å². The second-order valence-corrected chi connectivity index (χ2v) is 10.3. The van der Waals surface area contributed by atoms with E-state index in [1.54, 1.807) is 4.68 Å². The highest BCUT2D eigenvalue weighted by atomic mass is 16.5. The molecule has 0 radical (unpaired) electrons. The number of anilines is 1. The number of aromatic hydroxyl groups is 1. The SMILES string of the molecule is C=CCN1C[C@H](C)N(c2cc(O)cc(Cc3ccccc3-c3nnnn3CCCCC(=O)OCC)c2)C[C@H]1C. The molecule has 4 rings (SSSR count). The monoisotopic (exact) mass is 532 g/mol. The van der Waals surface area contributed by atoms with Crippen LogP contribution >= 0.6 is 0 Å². The molecule has 2 aromatic carbocycles. The van der Waals surface area contributed by atoms with E-state index in [1.165, 1.54) is 0 Å². The molecular formula is C30H40N6O3. The first kappa shape index (κ1) is 28.3. The van der Waals surface area contributed by atoms with Crippen LogP contribution in [0.4, 0.5) is 5.69 Å². The Labute approximate surface area is 231 Å². The zero-order valence-corrected chi connectivity index (χ0v) is 23.3. The fraction of sp³-hybridized carbons (Fsp3) is 0.467.